The summed E-state index contributed by atoms with van der Waals surface area (Å²) in [6, 6.07) is 0.846. The molecule has 1 aliphatic rings. The zero-order chi connectivity index (χ0) is 10.2. The van der Waals surface area contributed by atoms with Gasteiger partial charge in [0, 0.05) is 6.04 Å². The van der Waals surface area contributed by atoms with E-state index in [1.807, 2.05) is 0 Å². The minimum absolute atomic E-state index is 0.846. The predicted molar refractivity (Wildman–Crippen MR) is 63.6 cm³/mol. The van der Waals surface area contributed by atoms with Crippen molar-refractivity contribution in [3.8, 4) is 0 Å². The summed E-state index contributed by atoms with van der Waals surface area (Å²) in [5.74, 6) is 0. The fourth-order valence-electron chi connectivity index (χ4n) is 2.41. The standard InChI is InChI=1S/C13H27N/c1-3-4-5-6-7-10-13(2)14-11-8-9-12-14/h13H,3-12H2,1-2H3. The van der Waals surface area contributed by atoms with Gasteiger partial charge in [-0.2, -0.15) is 0 Å². The van der Waals surface area contributed by atoms with Gasteiger partial charge in [0.2, 0.25) is 0 Å². The summed E-state index contributed by atoms with van der Waals surface area (Å²) in [6.45, 7) is 7.41. The maximum atomic E-state index is 2.67. The molecule has 0 aromatic rings. The average Bonchev–Trinajstić information content (AvgIpc) is 2.70. The Labute approximate surface area is 89.9 Å². The highest BCUT2D eigenvalue weighted by Crippen LogP contribution is 2.16. The second-order valence-electron chi connectivity index (χ2n) is 4.79. The average molecular weight is 197 g/mol. The highest BCUT2D eigenvalue weighted by atomic mass is 15.2. The Bertz CT molecular complexity index is 127. The topological polar surface area (TPSA) is 3.24 Å². The number of hydrogen-bond acceptors (Lipinski definition) is 1. The normalized spacial score (nSPS) is 20.1. The summed E-state index contributed by atoms with van der Waals surface area (Å²) < 4.78 is 0. The van der Waals surface area contributed by atoms with Gasteiger partial charge < -0.3 is 4.90 Å². The van der Waals surface area contributed by atoms with Gasteiger partial charge in [0.1, 0.15) is 0 Å². The fourth-order valence-corrected chi connectivity index (χ4v) is 2.41. The summed E-state index contributed by atoms with van der Waals surface area (Å²) in [4.78, 5) is 2.67. The van der Waals surface area contributed by atoms with Crippen molar-refractivity contribution in [2.75, 3.05) is 13.1 Å². The van der Waals surface area contributed by atoms with Crippen molar-refractivity contribution in [2.24, 2.45) is 0 Å². The molecule has 0 aromatic carbocycles. The quantitative estimate of drug-likeness (QED) is 0.561. The first-order valence-corrected chi connectivity index (χ1v) is 6.58. The number of hydrogen-bond donors (Lipinski definition) is 0. The van der Waals surface area contributed by atoms with E-state index in [9.17, 15) is 0 Å². The van der Waals surface area contributed by atoms with Crippen LogP contribution in [-0.4, -0.2) is 24.0 Å². The van der Waals surface area contributed by atoms with Crippen LogP contribution in [0.3, 0.4) is 0 Å². The van der Waals surface area contributed by atoms with Crippen LogP contribution < -0.4 is 0 Å². The van der Waals surface area contributed by atoms with Crippen LogP contribution in [0, 0.1) is 0 Å². The van der Waals surface area contributed by atoms with Crippen LogP contribution in [0.1, 0.15) is 65.2 Å². The smallest absolute Gasteiger partial charge is 0.00669 e. The Hall–Kier alpha value is -0.0400. The van der Waals surface area contributed by atoms with Gasteiger partial charge in [-0.05, 0) is 39.3 Å². The van der Waals surface area contributed by atoms with Crippen molar-refractivity contribution in [2.45, 2.75) is 71.3 Å². The minimum Gasteiger partial charge on any atom is -0.301 e. The molecular formula is C13H27N. The van der Waals surface area contributed by atoms with Crippen LogP contribution in [0.25, 0.3) is 0 Å². The third-order valence-corrected chi connectivity index (χ3v) is 3.49. The molecule has 0 N–H and O–H groups in total. The molecule has 1 aliphatic heterocycles. The molecule has 1 saturated heterocycles. The Balaban J connectivity index is 1.94. The lowest BCUT2D eigenvalue weighted by atomic mass is 10.1. The van der Waals surface area contributed by atoms with E-state index >= 15 is 0 Å². The van der Waals surface area contributed by atoms with E-state index in [1.165, 1.54) is 64.5 Å². The first-order chi connectivity index (χ1) is 6.84. The Morgan fingerprint density at radius 2 is 1.64 bits per heavy atom. The van der Waals surface area contributed by atoms with Gasteiger partial charge in [-0.3, -0.25) is 0 Å². The van der Waals surface area contributed by atoms with E-state index < -0.39 is 0 Å². The van der Waals surface area contributed by atoms with Gasteiger partial charge in [0.25, 0.3) is 0 Å². The second kappa shape index (κ2) is 7.28. The molecule has 0 radical (unpaired) electrons. The van der Waals surface area contributed by atoms with E-state index in [-0.39, 0.29) is 0 Å². The van der Waals surface area contributed by atoms with Gasteiger partial charge in [-0.25, -0.2) is 0 Å². The zero-order valence-electron chi connectivity index (χ0n) is 10.1. The van der Waals surface area contributed by atoms with Crippen LogP contribution in [0.5, 0.6) is 0 Å². The van der Waals surface area contributed by atoms with Crippen molar-refractivity contribution in [1.82, 2.24) is 4.90 Å². The molecule has 1 unspecified atom stereocenters. The lowest BCUT2D eigenvalue weighted by Crippen LogP contribution is -2.29. The maximum Gasteiger partial charge on any atom is 0.00669 e. The summed E-state index contributed by atoms with van der Waals surface area (Å²) in [5, 5.41) is 0. The van der Waals surface area contributed by atoms with E-state index in [0.717, 1.165) is 6.04 Å². The Kier molecular flexibility index (Phi) is 6.25. The van der Waals surface area contributed by atoms with Crippen LogP contribution in [0.4, 0.5) is 0 Å². The van der Waals surface area contributed by atoms with Crippen LogP contribution in [0.15, 0.2) is 0 Å². The van der Waals surface area contributed by atoms with Crippen molar-refractivity contribution < 1.29 is 0 Å². The summed E-state index contributed by atoms with van der Waals surface area (Å²) in [7, 11) is 0. The number of nitrogens with zero attached hydrogens (tertiary/aromatic N) is 1. The molecule has 1 rings (SSSR count). The molecule has 1 heterocycles. The highest BCUT2D eigenvalue weighted by Gasteiger charge is 2.16. The van der Waals surface area contributed by atoms with Gasteiger partial charge >= 0.3 is 0 Å². The summed E-state index contributed by atoms with van der Waals surface area (Å²) >= 11 is 0. The molecule has 0 amide bonds. The number of unbranched alkanes of at least 4 members (excludes halogenated alkanes) is 4. The van der Waals surface area contributed by atoms with Crippen molar-refractivity contribution in [1.29, 1.82) is 0 Å². The SMILES string of the molecule is CCCCCCCC(C)N1CCCC1. The third kappa shape index (κ3) is 4.45. The maximum absolute atomic E-state index is 2.67. The van der Waals surface area contributed by atoms with E-state index in [4.69, 9.17) is 0 Å². The van der Waals surface area contributed by atoms with Crippen molar-refractivity contribution in [3.05, 3.63) is 0 Å². The Morgan fingerprint density at radius 3 is 2.29 bits per heavy atom. The molecule has 0 saturated carbocycles. The van der Waals surface area contributed by atoms with Crippen LogP contribution in [-0.2, 0) is 0 Å². The molecule has 0 spiro atoms. The van der Waals surface area contributed by atoms with Crippen molar-refractivity contribution in [3.63, 3.8) is 0 Å². The molecule has 0 bridgehead atoms. The van der Waals surface area contributed by atoms with Crippen molar-refractivity contribution >= 4 is 0 Å². The molecule has 0 aromatic heterocycles. The molecule has 1 fully saturated rings. The molecule has 1 nitrogen and oxygen atoms in total. The zero-order valence-corrected chi connectivity index (χ0v) is 10.1. The van der Waals surface area contributed by atoms with Gasteiger partial charge in [0.05, 0.1) is 0 Å². The lowest BCUT2D eigenvalue weighted by molar-refractivity contribution is 0.242. The molecule has 1 atom stereocenters. The number of rotatable bonds is 7. The molecule has 1 heteroatoms. The minimum atomic E-state index is 0.846. The third-order valence-electron chi connectivity index (χ3n) is 3.49. The lowest BCUT2D eigenvalue weighted by Gasteiger charge is -2.23. The van der Waals surface area contributed by atoms with Crippen LogP contribution >= 0.6 is 0 Å². The first-order valence-electron chi connectivity index (χ1n) is 6.58. The molecule has 14 heavy (non-hydrogen) atoms. The van der Waals surface area contributed by atoms with Crippen LogP contribution in [0.2, 0.25) is 0 Å². The van der Waals surface area contributed by atoms with E-state index in [1.54, 1.807) is 0 Å². The summed E-state index contributed by atoms with van der Waals surface area (Å²) in [5.41, 5.74) is 0. The largest absolute Gasteiger partial charge is 0.301 e. The molecular weight excluding hydrogens is 170 g/mol. The molecule has 84 valence electrons. The van der Waals surface area contributed by atoms with E-state index in [2.05, 4.69) is 18.7 Å². The van der Waals surface area contributed by atoms with Gasteiger partial charge in [-0.15, -0.1) is 0 Å². The monoisotopic (exact) mass is 197 g/mol. The molecule has 0 aliphatic carbocycles. The second-order valence-corrected chi connectivity index (χ2v) is 4.79. The van der Waals surface area contributed by atoms with Gasteiger partial charge in [0.15, 0.2) is 0 Å². The number of likely N-dealkylation sites (tertiary alicyclic amines) is 1. The summed E-state index contributed by atoms with van der Waals surface area (Å²) in [6.07, 6.45) is 11.4. The van der Waals surface area contributed by atoms with Gasteiger partial charge in [-0.1, -0.05) is 39.0 Å². The fraction of sp³-hybridized carbons (Fsp3) is 1.00. The van der Waals surface area contributed by atoms with E-state index in [0.29, 0.717) is 0 Å². The Morgan fingerprint density at radius 1 is 1.00 bits per heavy atom. The predicted octanol–water partition coefficient (Wildman–Crippen LogP) is 3.83. The first kappa shape index (κ1) is 12.0. The highest BCUT2D eigenvalue weighted by molar-refractivity contribution is 4.72.